The Labute approximate surface area is 99.1 Å². The van der Waals surface area contributed by atoms with Crippen molar-refractivity contribution in [2.24, 2.45) is 5.73 Å². The molecule has 0 aromatic carbocycles. The second-order valence-electron chi connectivity index (χ2n) is 5.07. The third-order valence-corrected chi connectivity index (χ3v) is 2.35. The summed E-state index contributed by atoms with van der Waals surface area (Å²) in [6, 6.07) is 0.196. The van der Waals surface area contributed by atoms with Gasteiger partial charge < -0.3 is 15.4 Å². The van der Waals surface area contributed by atoms with Gasteiger partial charge in [-0.15, -0.1) is 0 Å². The number of hydrogen-bond acceptors (Lipinski definition) is 3. The molecular formula is C12H26N2O2. The van der Waals surface area contributed by atoms with Gasteiger partial charge in [-0.3, -0.25) is 0 Å². The number of carbonyl (C=O) groups excluding carboxylic acids is 1. The molecule has 16 heavy (non-hydrogen) atoms. The minimum absolute atomic E-state index is 0.196. The van der Waals surface area contributed by atoms with Crippen molar-refractivity contribution in [1.82, 2.24) is 4.90 Å². The van der Waals surface area contributed by atoms with Crippen molar-refractivity contribution in [3.8, 4) is 0 Å². The van der Waals surface area contributed by atoms with Crippen LogP contribution in [-0.2, 0) is 4.74 Å². The first-order valence-electron chi connectivity index (χ1n) is 6.01. The maximum absolute atomic E-state index is 11.9. The fourth-order valence-electron chi connectivity index (χ4n) is 1.29. The average molecular weight is 230 g/mol. The Hall–Kier alpha value is -0.770. The third kappa shape index (κ3) is 5.95. The van der Waals surface area contributed by atoms with Crippen LogP contribution in [0.15, 0.2) is 0 Å². The highest BCUT2D eigenvalue weighted by molar-refractivity contribution is 5.68. The number of nitrogens with two attached hydrogens (primary N) is 1. The molecule has 0 radical (unpaired) electrons. The zero-order chi connectivity index (χ0) is 12.8. The van der Waals surface area contributed by atoms with Gasteiger partial charge in [-0.25, -0.2) is 4.79 Å². The van der Waals surface area contributed by atoms with Crippen LogP contribution in [0.25, 0.3) is 0 Å². The van der Waals surface area contributed by atoms with Gasteiger partial charge in [-0.1, -0.05) is 6.92 Å². The summed E-state index contributed by atoms with van der Waals surface area (Å²) < 4.78 is 5.37. The van der Waals surface area contributed by atoms with Crippen LogP contribution in [0, 0.1) is 0 Å². The van der Waals surface area contributed by atoms with E-state index in [0.717, 1.165) is 12.8 Å². The predicted molar refractivity (Wildman–Crippen MR) is 66.4 cm³/mol. The van der Waals surface area contributed by atoms with Crippen LogP contribution in [0.3, 0.4) is 0 Å². The zero-order valence-electron chi connectivity index (χ0n) is 11.2. The van der Waals surface area contributed by atoms with E-state index in [9.17, 15) is 4.79 Å². The number of carbonyl (C=O) groups is 1. The number of nitrogens with zero attached hydrogens (tertiary/aromatic N) is 1. The highest BCUT2D eigenvalue weighted by atomic mass is 16.6. The number of rotatable bonds is 5. The summed E-state index contributed by atoms with van der Waals surface area (Å²) >= 11 is 0. The second-order valence-corrected chi connectivity index (χ2v) is 5.07. The molecular weight excluding hydrogens is 204 g/mol. The molecule has 0 rings (SSSR count). The van der Waals surface area contributed by atoms with E-state index in [2.05, 4.69) is 6.92 Å². The van der Waals surface area contributed by atoms with E-state index in [-0.39, 0.29) is 12.1 Å². The van der Waals surface area contributed by atoms with Crippen LogP contribution in [0.4, 0.5) is 4.79 Å². The number of amides is 1. The van der Waals surface area contributed by atoms with Gasteiger partial charge in [-0.05, 0) is 47.1 Å². The quantitative estimate of drug-likeness (QED) is 0.789. The molecule has 4 heteroatoms. The molecule has 0 aliphatic carbocycles. The van der Waals surface area contributed by atoms with Crippen molar-refractivity contribution in [3.05, 3.63) is 0 Å². The van der Waals surface area contributed by atoms with E-state index in [4.69, 9.17) is 10.5 Å². The topological polar surface area (TPSA) is 55.6 Å². The molecule has 1 amide bonds. The lowest BCUT2D eigenvalue weighted by Crippen LogP contribution is -2.42. The number of ether oxygens (including phenoxy) is 1. The Morgan fingerprint density at radius 1 is 1.44 bits per heavy atom. The minimum atomic E-state index is -0.439. The molecule has 0 aliphatic heterocycles. The molecule has 0 saturated carbocycles. The molecule has 1 atom stereocenters. The van der Waals surface area contributed by atoms with Crippen molar-refractivity contribution >= 4 is 6.09 Å². The van der Waals surface area contributed by atoms with Crippen molar-refractivity contribution < 1.29 is 9.53 Å². The first-order valence-corrected chi connectivity index (χ1v) is 6.01. The predicted octanol–water partition coefficient (Wildman–Crippen LogP) is 2.37. The Morgan fingerprint density at radius 2 is 2.00 bits per heavy atom. The molecule has 0 bridgehead atoms. The Balaban J connectivity index is 4.43. The smallest absolute Gasteiger partial charge is 0.410 e. The summed E-state index contributed by atoms with van der Waals surface area (Å²) in [4.78, 5) is 13.7. The van der Waals surface area contributed by atoms with E-state index in [1.54, 1.807) is 4.90 Å². The molecule has 96 valence electrons. The minimum Gasteiger partial charge on any atom is -0.444 e. The molecule has 0 spiro atoms. The molecule has 4 nitrogen and oxygen atoms in total. The summed E-state index contributed by atoms with van der Waals surface area (Å²) in [5.74, 6) is 0. The van der Waals surface area contributed by atoms with E-state index in [1.165, 1.54) is 0 Å². The Kier molecular flexibility index (Phi) is 6.41. The normalized spacial score (nSPS) is 13.4. The largest absolute Gasteiger partial charge is 0.444 e. The molecule has 0 heterocycles. The van der Waals surface area contributed by atoms with Crippen LogP contribution in [0.1, 0.15) is 47.5 Å². The zero-order valence-corrected chi connectivity index (χ0v) is 11.2. The molecule has 0 saturated heterocycles. The SMILES string of the molecule is CC[C@@H](C)N(CCCN)C(=O)OC(C)(C)C. The van der Waals surface area contributed by atoms with Gasteiger partial charge in [0.2, 0.25) is 0 Å². The fourth-order valence-corrected chi connectivity index (χ4v) is 1.29. The van der Waals surface area contributed by atoms with E-state index < -0.39 is 5.60 Å². The average Bonchev–Trinajstić information content (AvgIpc) is 2.15. The second kappa shape index (κ2) is 6.74. The molecule has 0 aromatic heterocycles. The van der Waals surface area contributed by atoms with Crippen LogP contribution in [-0.4, -0.2) is 35.7 Å². The monoisotopic (exact) mass is 230 g/mol. The molecule has 0 aliphatic rings. The van der Waals surface area contributed by atoms with Crippen LogP contribution < -0.4 is 5.73 Å². The molecule has 0 unspecified atom stereocenters. The maximum atomic E-state index is 11.9. The molecule has 0 fully saturated rings. The Bertz CT molecular complexity index is 212. The van der Waals surface area contributed by atoms with Gasteiger partial charge in [0.1, 0.15) is 5.60 Å². The van der Waals surface area contributed by atoms with Gasteiger partial charge in [0.25, 0.3) is 0 Å². The van der Waals surface area contributed by atoms with Gasteiger partial charge in [0.15, 0.2) is 0 Å². The summed E-state index contributed by atoms with van der Waals surface area (Å²) in [7, 11) is 0. The fraction of sp³-hybridized carbons (Fsp3) is 0.917. The lowest BCUT2D eigenvalue weighted by molar-refractivity contribution is 0.0171. The van der Waals surface area contributed by atoms with Crippen molar-refractivity contribution in [2.75, 3.05) is 13.1 Å². The maximum Gasteiger partial charge on any atom is 0.410 e. The van der Waals surface area contributed by atoms with Crippen molar-refractivity contribution in [2.45, 2.75) is 59.1 Å². The number of hydrogen-bond donors (Lipinski definition) is 1. The molecule has 2 N–H and O–H groups in total. The van der Waals surface area contributed by atoms with E-state index in [1.807, 2.05) is 27.7 Å². The summed E-state index contributed by atoms with van der Waals surface area (Å²) in [5.41, 5.74) is 5.03. The van der Waals surface area contributed by atoms with Gasteiger partial charge in [-0.2, -0.15) is 0 Å². The van der Waals surface area contributed by atoms with Crippen molar-refractivity contribution in [1.29, 1.82) is 0 Å². The highest BCUT2D eigenvalue weighted by Gasteiger charge is 2.24. The lowest BCUT2D eigenvalue weighted by Gasteiger charge is -2.31. The molecule has 0 aromatic rings. The van der Waals surface area contributed by atoms with Gasteiger partial charge in [0.05, 0.1) is 0 Å². The van der Waals surface area contributed by atoms with Gasteiger partial charge >= 0.3 is 6.09 Å². The van der Waals surface area contributed by atoms with E-state index >= 15 is 0 Å². The summed E-state index contributed by atoms with van der Waals surface area (Å²) in [5, 5.41) is 0. The van der Waals surface area contributed by atoms with Crippen LogP contribution in [0.5, 0.6) is 0 Å². The van der Waals surface area contributed by atoms with Gasteiger partial charge in [0, 0.05) is 12.6 Å². The summed E-state index contributed by atoms with van der Waals surface area (Å²) in [6.45, 7) is 11.0. The third-order valence-electron chi connectivity index (χ3n) is 2.35. The Morgan fingerprint density at radius 3 is 2.38 bits per heavy atom. The van der Waals surface area contributed by atoms with Crippen LogP contribution >= 0.6 is 0 Å². The highest BCUT2D eigenvalue weighted by Crippen LogP contribution is 2.13. The lowest BCUT2D eigenvalue weighted by atomic mass is 10.2. The first kappa shape index (κ1) is 15.2. The standard InChI is InChI=1S/C12H26N2O2/c1-6-10(2)14(9-7-8-13)11(15)16-12(3,4)5/h10H,6-9,13H2,1-5H3/t10-/m1/s1. The van der Waals surface area contributed by atoms with E-state index in [0.29, 0.717) is 13.1 Å². The van der Waals surface area contributed by atoms with Crippen molar-refractivity contribution in [3.63, 3.8) is 0 Å². The van der Waals surface area contributed by atoms with Crippen LogP contribution in [0.2, 0.25) is 0 Å². The summed E-state index contributed by atoms with van der Waals surface area (Å²) in [6.07, 6.45) is 1.49. The first-order chi connectivity index (χ1) is 7.31.